The van der Waals surface area contributed by atoms with Crippen molar-refractivity contribution in [3.8, 4) is 11.3 Å². The average Bonchev–Trinajstić information content (AvgIpc) is 3.01. The summed E-state index contributed by atoms with van der Waals surface area (Å²) >= 11 is 1.67. The Morgan fingerprint density at radius 3 is 2.62 bits per heavy atom. The molecule has 0 saturated carbocycles. The molecule has 1 aliphatic heterocycles. The number of rotatable bonds is 4. The van der Waals surface area contributed by atoms with Crippen LogP contribution in [0.3, 0.4) is 0 Å². The van der Waals surface area contributed by atoms with Gasteiger partial charge in [-0.2, -0.15) is 0 Å². The number of hydrogen-bond donors (Lipinski definition) is 1. The van der Waals surface area contributed by atoms with Gasteiger partial charge in [-0.05, 0) is 0 Å². The fourth-order valence-electron chi connectivity index (χ4n) is 2.71. The van der Waals surface area contributed by atoms with Crippen LogP contribution in [0.25, 0.3) is 11.3 Å². The minimum Gasteiger partial charge on any atom is -0.381 e. The van der Waals surface area contributed by atoms with E-state index in [0.717, 1.165) is 34.0 Å². The van der Waals surface area contributed by atoms with E-state index in [4.69, 9.17) is 20.2 Å². The quantitative estimate of drug-likeness (QED) is 0.943. The van der Waals surface area contributed by atoms with Crippen molar-refractivity contribution in [3.05, 3.63) is 40.2 Å². The molecule has 112 valence electrons. The summed E-state index contributed by atoms with van der Waals surface area (Å²) in [7, 11) is 1.76. The molecule has 2 heterocycles. The summed E-state index contributed by atoms with van der Waals surface area (Å²) in [6, 6.07) is 10.2. The third-order valence-corrected chi connectivity index (χ3v) is 5.27. The molecule has 0 spiro atoms. The summed E-state index contributed by atoms with van der Waals surface area (Å²) in [6.45, 7) is 1.93. The molecule has 0 atom stereocenters. The van der Waals surface area contributed by atoms with Gasteiger partial charge in [0.1, 0.15) is 10.6 Å². The van der Waals surface area contributed by atoms with Gasteiger partial charge in [-0.3, -0.25) is 0 Å². The van der Waals surface area contributed by atoms with Gasteiger partial charge in [0.15, 0.2) is 0 Å². The Bertz CT molecular complexity index is 592. The van der Waals surface area contributed by atoms with Crippen LogP contribution in [0.15, 0.2) is 30.3 Å². The molecule has 1 saturated heterocycles. The van der Waals surface area contributed by atoms with E-state index in [-0.39, 0.29) is 5.60 Å². The molecule has 5 heteroatoms. The molecule has 2 N–H and O–H groups in total. The highest BCUT2D eigenvalue weighted by Crippen LogP contribution is 2.40. The van der Waals surface area contributed by atoms with E-state index in [1.54, 1.807) is 18.4 Å². The molecule has 4 nitrogen and oxygen atoms in total. The van der Waals surface area contributed by atoms with Gasteiger partial charge >= 0.3 is 0 Å². The summed E-state index contributed by atoms with van der Waals surface area (Å²) < 4.78 is 11.3. The molecule has 1 aliphatic rings. The molecule has 0 bridgehead atoms. The van der Waals surface area contributed by atoms with Crippen molar-refractivity contribution < 1.29 is 9.47 Å². The number of ether oxygens (including phenoxy) is 2. The number of hydrogen-bond acceptors (Lipinski definition) is 5. The number of benzene rings is 1. The lowest BCUT2D eigenvalue weighted by Gasteiger charge is -2.33. The number of nitrogens with two attached hydrogens (primary N) is 1. The van der Waals surface area contributed by atoms with Crippen LogP contribution in [0, 0.1) is 0 Å². The SMILES string of the molecule is COC1(c2nc(-c3ccccc3)c(CN)s2)CCOCC1. The highest BCUT2D eigenvalue weighted by molar-refractivity contribution is 7.12. The lowest BCUT2D eigenvalue weighted by Crippen LogP contribution is -2.35. The van der Waals surface area contributed by atoms with Crippen molar-refractivity contribution in [2.75, 3.05) is 20.3 Å². The van der Waals surface area contributed by atoms with Crippen LogP contribution in [0.4, 0.5) is 0 Å². The van der Waals surface area contributed by atoms with Gasteiger partial charge in [-0.1, -0.05) is 30.3 Å². The topological polar surface area (TPSA) is 57.4 Å². The smallest absolute Gasteiger partial charge is 0.126 e. The van der Waals surface area contributed by atoms with Crippen LogP contribution in [-0.4, -0.2) is 25.3 Å². The molecular formula is C16H20N2O2S. The Labute approximate surface area is 128 Å². The lowest BCUT2D eigenvalue weighted by molar-refractivity contribution is -0.0947. The molecule has 3 rings (SSSR count). The lowest BCUT2D eigenvalue weighted by atomic mass is 9.95. The summed E-state index contributed by atoms with van der Waals surface area (Å²) in [5, 5.41) is 1.02. The molecule has 1 aromatic carbocycles. The number of thiazole rings is 1. The second kappa shape index (κ2) is 6.23. The van der Waals surface area contributed by atoms with Crippen molar-refractivity contribution in [1.82, 2.24) is 4.98 Å². The Morgan fingerprint density at radius 2 is 2.00 bits per heavy atom. The van der Waals surface area contributed by atoms with Gasteiger partial charge in [0.05, 0.1) is 5.69 Å². The Balaban J connectivity index is 2.03. The number of nitrogens with zero attached hydrogens (tertiary/aromatic N) is 1. The summed E-state index contributed by atoms with van der Waals surface area (Å²) in [5.74, 6) is 0. The minimum absolute atomic E-state index is 0.320. The zero-order valence-corrected chi connectivity index (χ0v) is 13.0. The molecule has 1 fully saturated rings. The van der Waals surface area contributed by atoms with Gasteiger partial charge in [0.2, 0.25) is 0 Å². The first-order valence-corrected chi connectivity index (χ1v) is 7.99. The molecule has 0 unspecified atom stereocenters. The first-order chi connectivity index (χ1) is 10.3. The van der Waals surface area contributed by atoms with Crippen LogP contribution in [0.2, 0.25) is 0 Å². The van der Waals surface area contributed by atoms with Gasteiger partial charge < -0.3 is 15.2 Å². The van der Waals surface area contributed by atoms with E-state index >= 15 is 0 Å². The predicted octanol–water partition coefficient (Wildman–Crippen LogP) is 2.92. The van der Waals surface area contributed by atoms with E-state index in [2.05, 4.69) is 12.1 Å². The maximum absolute atomic E-state index is 5.92. The van der Waals surface area contributed by atoms with Crippen molar-refractivity contribution in [2.24, 2.45) is 5.73 Å². The van der Waals surface area contributed by atoms with Crippen molar-refractivity contribution in [1.29, 1.82) is 0 Å². The van der Waals surface area contributed by atoms with Crippen molar-refractivity contribution in [2.45, 2.75) is 25.0 Å². The summed E-state index contributed by atoms with van der Waals surface area (Å²) in [4.78, 5) is 5.99. The molecule has 1 aromatic heterocycles. The summed E-state index contributed by atoms with van der Waals surface area (Å²) in [5.41, 5.74) is 7.70. The van der Waals surface area contributed by atoms with Crippen LogP contribution >= 0.6 is 11.3 Å². The van der Waals surface area contributed by atoms with Gasteiger partial charge in [0, 0.05) is 50.2 Å². The van der Waals surface area contributed by atoms with Crippen molar-refractivity contribution in [3.63, 3.8) is 0 Å². The summed E-state index contributed by atoms with van der Waals surface area (Å²) in [6.07, 6.45) is 1.69. The minimum atomic E-state index is -0.320. The molecular weight excluding hydrogens is 284 g/mol. The fraction of sp³-hybridized carbons (Fsp3) is 0.438. The highest BCUT2D eigenvalue weighted by atomic mass is 32.1. The fourth-order valence-corrected chi connectivity index (χ4v) is 3.90. The largest absolute Gasteiger partial charge is 0.381 e. The third-order valence-electron chi connectivity index (χ3n) is 4.01. The third kappa shape index (κ3) is 2.74. The van der Waals surface area contributed by atoms with Crippen LogP contribution < -0.4 is 5.73 Å². The Morgan fingerprint density at radius 1 is 1.29 bits per heavy atom. The monoisotopic (exact) mass is 304 g/mol. The molecule has 0 aliphatic carbocycles. The molecule has 0 amide bonds. The van der Waals surface area contributed by atoms with E-state index in [1.165, 1.54) is 0 Å². The molecule has 21 heavy (non-hydrogen) atoms. The normalized spacial score (nSPS) is 17.8. The van der Waals surface area contributed by atoms with E-state index in [9.17, 15) is 0 Å². The molecule has 0 radical (unpaired) electrons. The van der Waals surface area contributed by atoms with E-state index in [1.807, 2.05) is 18.2 Å². The van der Waals surface area contributed by atoms with Crippen LogP contribution in [-0.2, 0) is 21.6 Å². The van der Waals surface area contributed by atoms with E-state index in [0.29, 0.717) is 19.8 Å². The number of methoxy groups -OCH3 is 1. The first kappa shape index (κ1) is 14.7. The van der Waals surface area contributed by atoms with Gasteiger partial charge in [-0.25, -0.2) is 4.98 Å². The van der Waals surface area contributed by atoms with Crippen LogP contribution in [0.5, 0.6) is 0 Å². The zero-order chi connectivity index (χ0) is 14.7. The van der Waals surface area contributed by atoms with Gasteiger partial charge in [0.25, 0.3) is 0 Å². The average molecular weight is 304 g/mol. The zero-order valence-electron chi connectivity index (χ0n) is 12.2. The second-order valence-corrected chi connectivity index (χ2v) is 6.26. The van der Waals surface area contributed by atoms with E-state index < -0.39 is 0 Å². The maximum atomic E-state index is 5.92. The Hall–Kier alpha value is -1.27. The number of aromatic nitrogens is 1. The predicted molar refractivity (Wildman–Crippen MR) is 84.2 cm³/mol. The van der Waals surface area contributed by atoms with Crippen LogP contribution in [0.1, 0.15) is 22.7 Å². The van der Waals surface area contributed by atoms with Gasteiger partial charge in [-0.15, -0.1) is 11.3 Å². The first-order valence-electron chi connectivity index (χ1n) is 7.17. The standard InChI is InChI=1S/C16H20N2O2S/c1-19-16(7-9-20-10-8-16)15-18-14(13(11-17)21-15)12-5-3-2-4-6-12/h2-6H,7-11,17H2,1H3. The Kier molecular flexibility index (Phi) is 4.35. The maximum Gasteiger partial charge on any atom is 0.126 e. The van der Waals surface area contributed by atoms with Crippen molar-refractivity contribution >= 4 is 11.3 Å². The highest BCUT2D eigenvalue weighted by Gasteiger charge is 2.38. The second-order valence-electron chi connectivity index (χ2n) is 5.17. The molecule has 2 aromatic rings.